The third kappa shape index (κ3) is 2.72. The molecule has 1 aromatic carbocycles. The van der Waals surface area contributed by atoms with Crippen molar-refractivity contribution < 1.29 is 13.9 Å². The summed E-state index contributed by atoms with van der Waals surface area (Å²) in [4.78, 5) is 0. The van der Waals surface area contributed by atoms with Crippen LogP contribution in [-0.2, 0) is 0 Å². The molecule has 18 heavy (non-hydrogen) atoms. The normalized spacial score (nSPS) is 24.8. The molecule has 0 aliphatic heterocycles. The van der Waals surface area contributed by atoms with Crippen molar-refractivity contribution in [3.05, 3.63) is 35.4 Å². The first-order valence-corrected chi connectivity index (χ1v) is 6.54. The highest BCUT2D eigenvalue weighted by Gasteiger charge is 2.37. The molecule has 100 valence electrons. The van der Waals surface area contributed by atoms with Crippen LogP contribution in [0.4, 0.5) is 8.78 Å². The van der Waals surface area contributed by atoms with Crippen molar-refractivity contribution in [1.29, 1.82) is 0 Å². The highest BCUT2D eigenvalue weighted by molar-refractivity contribution is 5.21. The van der Waals surface area contributed by atoms with E-state index in [9.17, 15) is 13.9 Å². The van der Waals surface area contributed by atoms with Gasteiger partial charge < -0.3 is 5.11 Å². The summed E-state index contributed by atoms with van der Waals surface area (Å²) in [6.45, 7) is 4.24. The molecular formula is C15H20F2O. The Hall–Kier alpha value is -0.960. The average Bonchev–Trinajstić information content (AvgIpc) is 2.26. The first-order valence-electron chi connectivity index (χ1n) is 6.54. The summed E-state index contributed by atoms with van der Waals surface area (Å²) in [6, 6.07) is 3.30. The maximum atomic E-state index is 13.2. The van der Waals surface area contributed by atoms with E-state index in [2.05, 4.69) is 13.8 Å². The van der Waals surface area contributed by atoms with Crippen LogP contribution in [0.25, 0.3) is 0 Å². The smallest absolute Gasteiger partial charge is 0.126 e. The number of aliphatic hydroxyl groups is 1. The number of hydrogen-bond donors (Lipinski definition) is 1. The molecule has 0 radical (unpaired) electrons. The second-order valence-corrected chi connectivity index (χ2v) is 5.99. The summed E-state index contributed by atoms with van der Waals surface area (Å²) in [7, 11) is 0. The fourth-order valence-corrected chi connectivity index (χ4v) is 3.08. The molecule has 0 spiro atoms. The lowest BCUT2D eigenvalue weighted by molar-refractivity contribution is 0.00353. The predicted molar refractivity (Wildman–Crippen MR) is 67.1 cm³/mol. The maximum Gasteiger partial charge on any atom is 0.126 e. The van der Waals surface area contributed by atoms with Gasteiger partial charge in [0.1, 0.15) is 11.6 Å². The van der Waals surface area contributed by atoms with Crippen molar-refractivity contribution >= 4 is 0 Å². The van der Waals surface area contributed by atoms with Gasteiger partial charge in [0.25, 0.3) is 0 Å². The van der Waals surface area contributed by atoms with E-state index >= 15 is 0 Å². The Morgan fingerprint density at radius 1 is 1.17 bits per heavy atom. The summed E-state index contributed by atoms with van der Waals surface area (Å²) in [5.41, 5.74) is 0.368. The van der Waals surface area contributed by atoms with Crippen molar-refractivity contribution in [3.63, 3.8) is 0 Å². The quantitative estimate of drug-likeness (QED) is 0.838. The Balaban J connectivity index is 2.26. The maximum absolute atomic E-state index is 13.2. The van der Waals surface area contributed by atoms with E-state index in [-0.39, 0.29) is 11.3 Å². The fourth-order valence-electron chi connectivity index (χ4n) is 3.08. The van der Waals surface area contributed by atoms with Gasteiger partial charge in [0.15, 0.2) is 0 Å². The summed E-state index contributed by atoms with van der Waals surface area (Å²) in [5.74, 6) is -1.19. The molecule has 0 bridgehead atoms. The molecule has 2 atom stereocenters. The zero-order valence-corrected chi connectivity index (χ0v) is 10.9. The minimum atomic E-state index is -0.787. The molecule has 0 amide bonds. The molecule has 1 aliphatic rings. The summed E-state index contributed by atoms with van der Waals surface area (Å²) in [6.07, 6.45) is 3.40. The van der Waals surface area contributed by atoms with Crippen molar-refractivity contribution in [3.8, 4) is 0 Å². The number of halogens is 2. The molecule has 1 aliphatic carbocycles. The predicted octanol–water partition coefficient (Wildman–Crippen LogP) is 4.21. The standard InChI is InChI=1S/C15H20F2O/c1-15(2)6-4-3-5-13(15)14(18)10-7-11(16)9-12(17)8-10/h7-9,13-14,18H,3-6H2,1-2H3. The van der Waals surface area contributed by atoms with Gasteiger partial charge in [-0.15, -0.1) is 0 Å². The van der Waals surface area contributed by atoms with Crippen LogP contribution in [0.2, 0.25) is 0 Å². The summed E-state index contributed by atoms with van der Waals surface area (Å²) >= 11 is 0. The van der Waals surface area contributed by atoms with E-state index < -0.39 is 17.7 Å². The van der Waals surface area contributed by atoms with Crippen molar-refractivity contribution in [2.45, 2.75) is 45.6 Å². The van der Waals surface area contributed by atoms with Gasteiger partial charge in [-0.1, -0.05) is 26.7 Å². The lowest BCUT2D eigenvalue weighted by atomic mass is 9.65. The average molecular weight is 254 g/mol. The van der Waals surface area contributed by atoms with Crippen LogP contribution in [0.15, 0.2) is 18.2 Å². The molecule has 3 heteroatoms. The van der Waals surface area contributed by atoms with Crippen LogP contribution >= 0.6 is 0 Å². The number of rotatable bonds is 2. The van der Waals surface area contributed by atoms with Gasteiger partial charge >= 0.3 is 0 Å². The van der Waals surface area contributed by atoms with Crippen molar-refractivity contribution in [2.24, 2.45) is 11.3 Å². The van der Waals surface area contributed by atoms with E-state index in [0.29, 0.717) is 5.56 Å². The highest BCUT2D eigenvalue weighted by Crippen LogP contribution is 2.46. The van der Waals surface area contributed by atoms with Crippen LogP contribution in [0, 0.1) is 23.0 Å². The number of aliphatic hydroxyl groups excluding tert-OH is 1. The molecule has 1 fully saturated rings. The van der Waals surface area contributed by atoms with Crippen LogP contribution in [0.5, 0.6) is 0 Å². The monoisotopic (exact) mass is 254 g/mol. The highest BCUT2D eigenvalue weighted by atomic mass is 19.1. The van der Waals surface area contributed by atoms with E-state index in [1.807, 2.05) is 0 Å². The first kappa shape index (κ1) is 13.5. The fraction of sp³-hybridized carbons (Fsp3) is 0.600. The third-order valence-electron chi connectivity index (χ3n) is 4.20. The van der Waals surface area contributed by atoms with Crippen molar-refractivity contribution in [2.75, 3.05) is 0 Å². The lowest BCUT2D eigenvalue weighted by Gasteiger charge is -2.41. The van der Waals surface area contributed by atoms with Crippen LogP contribution < -0.4 is 0 Å². The molecule has 2 unspecified atom stereocenters. The van der Waals surface area contributed by atoms with E-state index in [0.717, 1.165) is 31.7 Å². The molecule has 0 aromatic heterocycles. The second kappa shape index (κ2) is 4.96. The molecule has 1 nitrogen and oxygen atoms in total. The molecular weight excluding hydrogens is 234 g/mol. The van der Waals surface area contributed by atoms with Gasteiger partial charge in [0.2, 0.25) is 0 Å². The minimum absolute atomic E-state index is 0.0143. The third-order valence-corrected chi connectivity index (χ3v) is 4.20. The Bertz CT molecular complexity index is 408. The largest absolute Gasteiger partial charge is 0.388 e. The van der Waals surface area contributed by atoms with Gasteiger partial charge in [-0.05, 0) is 41.9 Å². The van der Waals surface area contributed by atoms with Gasteiger partial charge in [-0.25, -0.2) is 8.78 Å². The van der Waals surface area contributed by atoms with Gasteiger partial charge in [-0.2, -0.15) is 0 Å². The van der Waals surface area contributed by atoms with Crippen LogP contribution in [-0.4, -0.2) is 5.11 Å². The molecule has 1 aromatic rings. The molecule has 1 saturated carbocycles. The van der Waals surface area contributed by atoms with E-state index in [1.54, 1.807) is 0 Å². The van der Waals surface area contributed by atoms with Gasteiger partial charge in [0.05, 0.1) is 6.10 Å². The minimum Gasteiger partial charge on any atom is -0.388 e. The van der Waals surface area contributed by atoms with E-state index in [4.69, 9.17) is 0 Å². The molecule has 2 rings (SSSR count). The van der Waals surface area contributed by atoms with Crippen LogP contribution in [0.3, 0.4) is 0 Å². The lowest BCUT2D eigenvalue weighted by Crippen LogP contribution is -2.32. The SMILES string of the molecule is CC1(C)CCCCC1C(O)c1cc(F)cc(F)c1. The topological polar surface area (TPSA) is 20.2 Å². The Kier molecular flexibility index (Phi) is 3.71. The van der Waals surface area contributed by atoms with Gasteiger partial charge in [0, 0.05) is 6.07 Å². The zero-order chi connectivity index (χ0) is 13.3. The summed E-state index contributed by atoms with van der Waals surface area (Å²) in [5, 5.41) is 10.4. The number of benzene rings is 1. The Morgan fingerprint density at radius 3 is 2.33 bits per heavy atom. The van der Waals surface area contributed by atoms with Crippen LogP contribution in [0.1, 0.15) is 51.2 Å². The first-order chi connectivity index (χ1) is 8.40. The Morgan fingerprint density at radius 2 is 1.78 bits per heavy atom. The molecule has 1 N–H and O–H groups in total. The Labute approximate surface area is 107 Å². The second-order valence-electron chi connectivity index (χ2n) is 5.99. The summed E-state index contributed by atoms with van der Waals surface area (Å²) < 4.78 is 26.4. The van der Waals surface area contributed by atoms with E-state index in [1.165, 1.54) is 12.1 Å². The molecule has 0 saturated heterocycles. The van der Waals surface area contributed by atoms with Gasteiger partial charge in [-0.3, -0.25) is 0 Å². The zero-order valence-electron chi connectivity index (χ0n) is 10.9. The molecule has 0 heterocycles. The van der Waals surface area contributed by atoms with Crippen molar-refractivity contribution in [1.82, 2.24) is 0 Å². The number of hydrogen-bond acceptors (Lipinski definition) is 1.